The number of nitro groups is 1. The summed E-state index contributed by atoms with van der Waals surface area (Å²) in [6.07, 6.45) is 0.996. The molecule has 0 aliphatic carbocycles. The molecule has 0 radical (unpaired) electrons. The topological polar surface area (TPSA) is 77.3 Å². The molecule has 0 aromatic heterocycles. The zero-order valence-electron chi connectivity index (χ0n) is 6.76. The van der Waals surface area contributed by atoms with E-state index in [1.165, 1.54) is 6.92 Å². The molecule has 6 heteroatoms. The first-order valence-corrected chi connectivity index (χ1v) is 5.52. The van der Waals surface area contributed by atoms with Crippen LogP contribution < -0.4 is 0 Å². The third-order valence-electron chi connectivity index (χ3n) is 2.25. The van der Waals surface area contributed by atoms with Crippen LogP contribution in [-0.2, 0) is 9.84 Å². The molecule has 0 bridgehead atoms. The molecule has 0 aromatic rings. The molecule has 1 rings (SSSR count). The van der Waals surface area contributed by atoms with E-state index < -0.39 is 26.1 Å². The summed E-state index contributed by atoms with van der Waals surface area (Å²) in [5, 5.41) is 9.56. The standard InChI is InChI=1S/C6H11NO4S/c1-5(7(8)9)6-3-2-4-12(6,10)11/h5-6H,2-4H2,1H3. The number of hydrogen-bond acceptors (Lipinski definition) is 4. The Hall–Kier alpha value is -0.650. The summed E-state index contributed by atoms with van der Waals surface area (Å²) in [5.74, 6) is 0.107. The van der Waals surface area contributed by atoms with Gasteiger partial charge in [0.05, 0.1) is 5.75 Å². The van der Waals surface area contributed by atoms with E-state index in [-0.39, 0.29) is 5.75 Å². The van der Waals surface area contributed by atoms with Gasteiger partial charge in [-0.25, -0.2) is 8.42 Å². The summed E-state index contributed by atoms with van der Waals surface area (Å²) in [5.41, 5.74) is 0. The van der Waals surface area contributed by atoms with E-state index in [9.17, 15) is 18.5 Å². The lowest BCUT2D eigenvalue weighted by atomic mass is 10.1. The largest absolute Gasteiger partial charge is 0.264 e. The average molecular weight is 193 g/mol. The lowest BCUT2D eigenvalue weighted by molar-refractivity contribution is -0.517. The van der Waals surface area contributed by atoms with E-state index in [4.69, 9.17) is 0 Å². The van der Waals surface area contributed by atoms with Crippen molar-refractivity contribution in [1.82, 2.24) is 0 Å². The summed E-state index contributed by atoms with van der Waals surface area (Å²) < 4.78 is 22.4. The predicted octanol–water partition coefficient (Wildman–Crippen LogP) is 0.229. The molecule has 0 aromatic carbocycles. The number of sulfone groups is 1. The Kier molecular flexibility index (Phi) is 2.36. The number of rotatable bonds is 2. The van der Waals surface area contributed by atoms with Gasteiger partial charge in [-0.05, 0) is 12.8 Å². The highest BCUT2D eigenvalue weighted by atomic mass is 32.2. The maximum atomic E-state index is 11.2. The first-order chi connectivity index (χ1) is 5.45. The van der Waals surface area contributed by atoms with E-state index in [1.54, 1.807) is 0 Å². The van der Waals surface area contributed by atoms with Gasteiger partial charge in [-0.2, -0.15) is 0 Å². The van der Waals surface area contributed by atoms with Crippen LogP contribution in [0.4, 0.5) is 0 Å². The van der Waals surface area contributed by atoms with Gasteiger partial charge >= 0.3 is 0 Å². The van der Waals surface area contributed by atoms with Crippen LogP contribution in [0, 0.1) is 10.1 Å². The molecule has 1 heterocycles. The van der Waals surface area contributed by atoms with Crippen LogP contribution >= 0.6 is 0 Å². The third-order valence-corrected chi connectivity index (χ3v) is 4.66. The molecule has 70 valence electrons. The second-order valence-electron chi connectivity index (χ2n) is 3.07. The molecule has 1 saturated heterocycles. The fourth-order valence-corrected chi connectivity index (χ4v) is 3.59. The van der Waals surface area contributed by atoms with Gasteiger partial charge in [-0.15, -0.1) is 0 Å². The van der Waals surface area contributed by atoms with Gasteiger partial charge in [0.25, 0.3) is 0 Å². The van der Waals surface area contributed by atoms with Crippen molar-refractivity contribution in [3.05, 3.63) is 10.1 Å². The molecule has 0 spiro atoms. The smallest absolute Gasteiger partial charge is 0.227 e. The SMILES string of the molecule is CC(C1CCCS1(=O)=O)[N+](=O)[O-]. The van der Waals surface area contributed by atoms with Gasteiger partial charge < -0.3 is 0 Å². The van der Waals surface area contributed by atoms with Crippen molar-refractivity contribution in [3.63, 3.8) is 0 Å². The zero-order chi connectivity index (χ0) is 9.35. The van der Waals surface area contributed by atoms with Crippen molar-refractivity contribution in [3.8, 4) is 0 Å². The minimum atomic E-state index is -3.17. The molecular formula is C6H11NO4S. The Morgan fingerprint density at radius 2 is 2.17 bits per heavy atom. The van der Waals surface area contributed by atoms with Gasteiger partial charge in [0.15, 0.2) is 9.84 Å². The molecule has 1 aliphatic heterocycles. The molecule has 1 fully saturated rings. The molecule has 0 saturated carbocycles. The fourth-order valence-electron chi connectivity index (χ4n) is 1.49. The number of hydrogen-bond donors (Lipinski definition) is 0. The summed E-state index contributed by atoms with van der Waals surface area (Å²) in [7, 11) is -3.17. The lowest BCUT2D eigenvalue weighted by Crippen LogP contribution is -2.34. The van der Waals surface area contributed by atoms with Crippen LogP contribution in [0.5, 0.6) is 0 Å². The Bertz CT molecular complexity index is 284. The van der Waals surface area contributed by atoms with Crippen LogP contribution in [0.3, 0.4) is 0 Å². The Labute approximate surface area is 70.8 Å². The Morgan fingerprint density at radius 3 is 2.50 bits per heavy atom. The van der Waals surface area contributed by atoms with E-state index in [0.717, 1.165) is 0 Å². The monoisotopic (exact) mass is 193 g/mol. The van der Waals surface area contributed by atoms with Crippen LogP contribution in [0.1, 0.15) is 19.8 Å². The van der Waals surface area contributed by atoms with Crippen molar-refractivity contribution in [1.29, 1.82) is 0 Å². The van der Waals surface area contributed by atoms with Crippen molar-refractivity contribution >= 4 is 9.84 Å². The quantitative estimate of drug-likeness (QED) is 0.464. The Morgan fingerprint density at radius 1 is 1.58 bits per heavy atom. The normalized spacial score (nSPS) is 29.9. The second kappa shape index (κ2) is 3.01. The predicted molar refractivity (Wildman–Crippen MR) is 43.3 cm³/mol. The van der Waals surface area contributed by atoms with Crippen molar-refractivity contribution < 1.29 is 13.3 Å². The molecule has 2 atom stereocenters. The molecule has 0 amide bonds. The minimum Gasteiger partial charge on any atom is -0.264 e. The average Bonchev–Trinajstić information content (AvgIpc) is 2.27. The van der Waals surface area contributed by atoms with Crippen molar-refractivity contribution in [2.75, 3.05) is 5.75 Å². The Balaban J connectivity index is 2.83. The summed E-state index contributed by atoms with van der Waals surface area (Å²) in [6.45, 7) is 1.35. The highest BCUT2D eigenvalue weighted by Gasteiger charge is 2.41. The van der Waals surface area contributed by atoms with Crippen LogP contribution in [0.25, 0.3) is 0 Å². The molecule has 0 N–H and O–H groups in total. The molecule has 2 unspecified atom stereocenters. The second-order valence-corrected chi connectivity index (χ2v) is 5.41. The first kappa shape index (κ1) is 9.44. The van der Waals surface area contributed by atoms with E-state index in [0.29, 0.717) is 12.8 Å². The van der Waals surface area contributed by atoms with Gasteiger partial charge in [0.1, 0.15) is 5.25 Å². The van der Waals surface area contributed by atoms with Gasteiger partial charge in [-0.1, -0.05) is 0 Å². The van der Waals surface area contributed by atoms with Gasteiger partial charge in [0, 0.05) is 11.8 Å². The molecular weight excluding hydrogens is 182 g/mol. The lowest BCUT2D eigenvalue weighted by Gasteiger charge is -2.09. The highest BCUT2D eigenvalue weighted by molar-refractivity contribution is 7.92. The first-order valence-electron chi connectivity index (χ1n) is 3.80. The van der Waals surface area contributed by atoms with Crippen molar-refractivity contribution in [2.24, 2.45) is 0 Å². The van der Waals surface area contributed by atoms with Crippen LogP contribution in [0.2, 0.25) is 0 Å². The number of nitrogens with zero attached hydrogens (tertiary/aromatic N) is 1. The van der Waals surface area contributed by atoms with Gasteiger partial charge in [0.2, 0.25) is 6.04 Å². The molecule has 12 heavy (non-hydrogen) atoms. The minimum absolute atomic E-state index is 0.107. The van der Waals surface area contributed by atoms with E-state index in [1.807, 2.05) is 0 Å². The molecule has 1 aliphatic rings. The molecule has 5 nitrogen and oxygen atoms in total. The van der Waals surface area contributed by atoms with Crippen molar-refractivity contribution in [2.45, 2.75) is 31.1 Å². The van der Waals surface area contributed by atoms with Gasteiger partial charge in [-0.3, -0.25) is 10.1 Å². The van der Waals surface area contributed by atoms with E-state index >= 15 is 0 Å². The maximum absolute atomic E-state index is 11.2. The van der Waals surface area contributed by atoms with Crippen LogP contribution in [-0.4, -0.2) is 30.4 Å². The summed E-state index contributed by atoms with van der Waals surface area (Å²) >= 11 is 0. The third kappa shape index (κ3) is 1.57. The highest BCUT2D eigenvalue weighted by Crippen LogP contribution is 2.23. The summed E-state index contributed by atoms with van der Waals surface area (Å²) in [6, 6.07) is -0.961. The zero-order valence-corrected chi connectivity index (χ0v) is 7.58. The van der Waals surface area contributed by atoms with Crippen LogP contribution in [0.15, 0.2) is 0 Å². The fraction of sp³-hybridized carbons (Fsp3) is 1.00. The van der Waals surface area contributed by atoms with E-state index in [2.05, 4.69) is 0 Å². The maximum Gasteiger partial charge on any atom is 0.227 e. The summed E-state index contributed by atoms with van der Waals surface area (Å²) in [4.78, 5) is 9.79.